The molecule has 0 bridgehead atoms. The van der Waals surface area contributed by atoms with E-state index in [1.807, 2.05) is 18.7 Å². The van der Waals surface area contributed by atoms with Crippen LogP contribution in [0.25, 0.3) is 0 Å². The van der Waals surface area contributed by atoms with Crippen molar-refractivity contribution in [2.45, 2.75) is 34.6 Å². The van der Waals surface area contributed by atoms with Crippen molar-refractivity contribution in [2.24, 2.45) is 0 Å². The maximum absolute atomic E-state index is 12.2. The SMILES string of the molecule is CCOC(=O)c1c(NC(=O)CSC(=S)N(CC)CC)oc(C)c1C(C)=O. The lowest BCUT2D eigenvalue weighted by Gasteiger charge is -2.20. The second-order valence-corrected chi connectivity index (χ2v) is 6.90. The molecule has 0 saturated carbocycles. The van der Waals surface area contributed by atoms with E-state index in [-0.39, 0.29) is 46.8 Å². The summed E-state index contributed by atoms with van der Waals surface area (Å²) >= 11 is 6.51. The molecule has 1 heterocycles. The molecule has 1 aromatic heterocycles. The third-order valence-corrected chi connectivity index (χ3v) is 5.04. The molecule has 0 aliphatic carbocycles. The van der Waals surface area contributed by atoms with Crippen molar-refractivity contribution in [3.8, 4) is 0 Å². The van der Waals surface area contributed by atoms with Crippen LogP contribution in [-0.4, -0.2) is 52.3 Å². The van der Waals surface area contributed by atoms with E-state index < -0.39 is 5.97 Å². The van der Waals surface area contributed by atoms with Gasteiger partial charge in [-0.1, -0.05) is 24.0 Å². The predicted octanol–water partition coefficient (Wildman–Crippen LogP) is 3.27. The smallest absolute Gasteiger partial charge is 0.344 e. The van der Waals surface area contributed by atoms with Gasteiger partial charge in [-0.3, -0.25) is 14.9 Å². The number of ether oxygens (including phenoxy) is 1. The number of amides is 1. The zero-order valence-electron chi connectivity index (χ0n) is 15.6. The number of hydrogen-bond donors (Lipinski definition) is 1. The number of carbonyl (C=O) groups excluding carboxylic acids is 3. The number of thioether (sulfide) groups is 1. The minimum absolute atomic E-state index is 0.0541. The highest BCUT2D eigenvalue weighted by Crippen LogP contribution is 2.28. The summed E-state index contributed by atoms with van der Waals surface area (Å²) in [5.41, 5.74) is 0.0617. The second-order valence-electron chi connectivity index (χ2n) is 5.29. The number of aryl methyl sites for hydroxylation is 1. The zero-order valence-corrected chi connectivity index (χ0v) is 17.3. The van der Waals surface area contributed by atoms with E-state index in [1.165, 1.54) is 18.7 Å². The first-order chi connectivity index (χ1) is 12.3. The van der Waals surface area contributed by atoms with Gasteiger partial charge in [0, 0.05) is 13.1 Å². The monoisotopic (exact) mass is 400 g/mol. The van der Waals surface area contributed by atoms with E-state index >= 15 is 0 Å². The van der Waals surface area contributed by atoms with Gasteiger partial charge in [0.25, 0.3) is 0 Å². The number of hydrogen-bond acceptors (Lipinski definition) is 7. The van der Waals surface area contributed by atoms with E-state index in [2.05, 4.69) is 5.32 Å². The van der Waals surface area contributed by atoms with E-state index in [4.69, 9.17) is 21.4 Å². The van der Waals surface area contributed by atoms with Crippen LogP contribution < -0.4 is 5.32 Å². The Labute approximate surface area is 162 Å². The Morgan fingerprint density at radius 1 is 1.19 bits per heavy atom. The Morgan fingerprint density at radius 2 is 1.81 bits per heavy atom. The highest BCUT2D eigenvalue weighted by Gasteiger charge is 2.28. The van der Waals surface area contributed by atoms with E-state index in [1.54, 1.807) is 13.8 Å². The Hall–Kier alpha value is -1.87. The highest BCUT2D eigenvalue weighted by atomic mass is 32.2. The lowest BCUT2D eigenvalue weighted by atomic mass is 10.1. The third kappa shape index (κ3) is 5.57. The highest BCUT2D eigenvalue weighted by molar-refractivity contribution is 8.23. The molecule has 0 saturated heterocycles. The van der Waals surface area contributed by atoms with Gasteiger partial charge in [0.05, 0.1) is 17.9 Å². The second kappa shape index (κ2) is 10.3. The summed E-state index contributed by atoms with van der Waals surface area (Å²) in [5.74, 6) is -1.21. The summed E-state index contributed by atoms with van der Waals surface area (Å²) in [7, 11) is 0. The summed E-state index contributed by atoms with van der Waals surface area (Å²) in [6.45, 7) is 10.2. The third-order valence-electron chi connectivity index (χ3n) is 3.52. The first-order valence-electron chi connectivity index (χ1n) is 8.29. The van der Waals surface area contributed by atoms with Crippen LogP contribution in [0.15, 0.2) is 4.42 Å². The maximum Gasteiger partial charge on any atom is 0.344 e. The topological polar surface area (TPSA) is 88.8 Å². The van der Waals surface area contributed by atoms with Gasteiger partial charge in [0.15, 0.2) is 5.78 Å². The van der Waals surface area contributed by atoms with Crippen LogP contribution in [0.3, 0.4) is 0 Å². The Morgan fingerprint density at radius 3 is 2.31 bits per heavy atom. The Kier molecular flexibility index (Phi) is 8.80. The molecule has 0 spiro atoms. The van der Waals surface area contributed by atoms with E-state index in [0.29, 0.717) is 4.32 Å². The summed E-state index contributed by atoms with van der Waals surface area (Å²) in [6.07, 6.45) is 0. The molecule has 1 N–H and O–H groups in total. The molecule has 0 aromatic carbocycles. The largest absolute Gasteiger partial charge is 0.462 e. The van der Waals surface area contributed by atoms with Crippen LogP contribution in [0.2, 0.25) is 0 Å². The Bertz CT molecular complexity index is 696. The maximum atomic E-state index is 12.2. The number of esters is 1. The van der Waals surface area contributed by atoms with Crippen molar-refractivity contribution >= 4 is 51.8 Å². The van der Waals surface area contributed by atoms with Crippen molar-refractivity contribution in [3.05, 3.63) is 16.9 Å². The molecule has 7 nitrogen and oxygen atoms in total. The number of carbonyl (C=O) groups is 3. The van der Waals surface area contributed by atoms with Gasteiger partial charge in [-0.2, -0.15) is 0 Å². The van der Waals surface area contributed by atoms with E-state index in [9.17, 15) is 14.4 Å². The quantitative estimate of drug-likeness (QED) is 0.404. The van der Waals surface area contributed by atoms with Crippen LogP contribution in [-0.2, 0) is 9.53 Å². The average molecular weight is 401 g/mol. The van der Waals surface area contributed by atoms with Gasteiger partial charge >= 0.3 is 5.97 Å². The number of Topliss-reactive ketones (excluding diaryl/α,β-unsaturated/α-hetero) is 1. The number of anilines is 1. The molecule has 1 rings (SSSR count). The Balaban J connectivity index is 2.93. The van der Waals surface area contributed by atoms with Gasteiger partial charge < -0.3 is 14.1 Å². The fraction of sp³-hybridized carbons (Fsp3) is 0.529. The van der Waals surface area contributed by atoms with Crippen molar-refractivity contribution in [1.29, 1.82) is 0 Å². The fourth-order valence-corrected chi connectivity index (χ4v) is 3.52. The number of furan rings is 1. The lowest BCUT2D eigenvalue weighted by molar-refractivity contribution is -0.113. The molecule has 0 aliphatic rings. The average Bonchev–Trinajstić information content (AvgIpc) is 2.90. The number of rotatable bonds is 8. The summed E-state index contributed by atoms with van der Waals surface area (Å²) < 4.78 is 11.0. The molecule has 9 heteroatoms. The molecule has 1 aromatic rings. The van der Waals surface area contributed by atoms with Crippen LogP contribution >= 0.6 is 24.0 Å². The van der Waals surface area contributed by atoms with Crippen LogP contribution in [0.4, 0.5) is 5.88 Å². The molecule has 26 heavy (non-hydrogen) atoms. The summed E-state index contributed by atoms with van der Waals surface area (Å²) in [5, 5.41) is 2.54. The fourth-order valence-electron chi connectivity index (χ4n) is 2.32. The number of thiocarbonyl (C=S) groups is 1. The molecule has 1 amide bonds. The van der Waals surface area contributed by atoms with Crippen LogP contribution in [0.5, 0.6) is 0 Å². The normalized spacial score (nSPS) is 10.3. The van der Waals surface area contributed by atoms with Crippen molar-refractivity contribution in [2.75, 3.05) is 30.8 Å². The van der Waals surface area contributed by atoms with Gasteiger partial charge in [0.2, 0.25) is 11.8 Å². The minimum Gasteiger partial charge on any atom is -0.462 e. The van der Waals surface area contributed by atoms with Gasteiger partial charge in [-0.25, -0.2) is 4.79 Å². The summed E-state index contributed by atoms with van der Waals surface area (Å²) in [4.78, 5) is 38.2. The van der Waals surface area contributed by atoms with Gasteiger partial charge in [0.1, 0.15) is 15.6 Å². The predicted molar refractivity (Wildman–Crippen MR) is 106 cm³/mol. The first kappa shape index (κ1) is 22.2. The lowest BCUT2D eigenvalue weighted by Crippen LogP contribution is -2.28. The number of nitrogens with one attached hydrogen (secondary N) is 1. The molecule has 0 aliphatic heterocycles. The standard InChI is InChI=1S/C17H24N2O5S2/c1-6-19(7-2)17(25)26-9-12(21)18-15-14(16(22)23-8-3)13(10(4)20)11(5)24-15/h6-9H2,1-5H3,(H,18,21). The van der Waals surface area contributed by atoms with Crippen molar-refractivity contribution in [1.82, 2.24) is 4.90 Å². The molecule has 144 valence electrons. The molecule has 0 fully saturated rings. The van der Waals surface area contributed by atoms with Gasteiger partial charge in [-0.15, -0.1) is 0 Å². The molecule has 0 unspecified atom stereocenters. The number of ketones is 1. The zero-order chi connectivity index (χ0) is 19.9. The van der Waals surface area contributed by atoms with Crippen LogP contribution in [0, 0.1) is 6.92 Å². The van der Waals surface area contributed by atoms with Crippen molar-refractivity contribution < 1.29 is 23.5 Å². The first-order valence-corrected chi connectivity index (χ1v) is 9.69. The molecule has 0 atom stereocenters. The molecular formula is C17H24N2O5S2. The van der Waals surface area contributed by atoms with Gasteiger partial charge in [-0.05, 0) is 34.6 Å². The number of nitrogens with zero attached hydrogens (tertiary/aromatic N) is 1. The molecule has 0 radical (unpaired) electrons. The summed E-state index contributed by atoms with van der Waals surface area (Å²) in [6, 6.07) is 0. The van der Waals surface area contributed by atoms with Crippen LogP contribution in [0.1, 0.15) is 54.2 Å². The minimum atomic E-state index is -0.712. The van der Waals surface area contributed by atoms with E-state index in [0.717, 1.165) is 13.1 Å². The molecular weight excluding hydrogens is 376 g/mol. The van der Waals surface area contributed by atoms with Crippen molar-refractivity contribution in [3.63, 3.8) is 0 Å².